The Morgan fingerprint density at radius 1 is 1.16 bits per heavy atom. The topological polar surface area (TPSA) is 97.5 Å². The van der Waals surface area contributed by atoms with E-state index in [2.05, 4.69) is 15.3 Å². The second-order valence-corrected chi connectivity index (χ2v) is 8.74. The first-order chi connectivity index (χ1) is 15.0. The molecular formula is C21H13ClN4O3S2. The van der Waals surface area contributed by atoms with Crippen LogP contribution in [-0.2, 0) is 4.79 Å². The summed E-state index contributed by atoms with van der Waals surface area (Å²) in [5, 5.41) is 16.0. The van der Waals surface area contributed by atoms with Crippen molar-refractivity contribution in [3.8, 4) is 0 Å². The van der Waals surface area contributed by atoms with E-state index in [1.807, 2.05) is 6.07 Å². The third-order valence-corrected chi connectivity index (χ3v) is 6.22. The van der Waals surface area contributed by atoms with Crippen LogP contribution in [0.3, 0.4) is 0 Å². The number of hydrogen-bond acceptors (Lipinski definition) is 7. The number of nitro benzene ring substituents is 1. The Kier molecular flexibility index (Phi) is 6.36. The van der Waals surface area contributed by atoms with Gasteiger partial charge in [0.05, 0.1) is 20.4 Å². The maximum atomic E-state index is 12.3. The average molecular weight is 469 g/mol. The van der Waals surface area contributed by atoms with Crippen LogP contribution < -0.4 is 5.32 Å². The lowest BCUT2D eigenvalue weighted by atomic mass is 10.2. The molecule has 4 rings (SSSR count). The van der Waals surface area contributed by atoms with E-state index in [1.54, 1.807) is 60.8 Å². The number of rotatable bonds is 5. The molecular weight excluding hydrogens is 456 g/mol. The van der Waals surface area contributed by atoms with Crippen molar-refractivity contribution in [2.45, 2.75) is 9.92 Å². The minimum absolute atomic E-state index is 0.0523. The van der Waals surface area contributed by atoms with Crippen molar-refractivity contribution in [2.24, 2.45) is 4.99 Å². The van der Waals surface area contributed by atoms with Gasteiger partial charge < -0.3 is 5.32 Å². The van der Waals surface area contributed by atoms with E-state index in [0.29, 0.717) is 36.3 Å². The van der Waals surface area contributed by atoms with Crippen molar-refractivity contribution in [1.29, 1.82) is 0 Å². The zero-order chi connectivity index (χ0) is 21.8. The largest absolute Gasteiger partial charge is 0.300 e. The molecule has 2 heterocycles. The van der Waals surface area contributed by atoms with E-state index in [9.17, 15) is 14.9 Å². The SMILES string of the molecule is O=C1NC(=Nc2ccc(Cl)cc2)S/C1=C\c1ccc(Sc2ccccn2)c([N+](=O)[O-])c1. The summed E-state index contributed by atoms with van der Waals surface area (Å²) < 4.78 is 0. The highest BCUT2D eigenvalue weighted by Crippen LogP contribution is 2.36. The van der Waals surface area contributed by atoms with Gasteiger partial charge in [-0.05, 0) is 65.9 Å². The zero-order valence-electron chi connectivity index (χ0n) is 15.7. The summed E-state index contributed by atoms with van der Waals surface area (Å²) >= 11 is 8.25. The minimum Gasteiger partial charge on any atom is -0.300 e. The van der Waals surface area contributed by atoms with Gasteiger partial charge in [0.25, 0.3) is 11.6 Å². The van der Waals surface area contributed by atoms with Gasteiger partial charge >= 0.3 is 0 Å². The fraction of sp³-hybridized carbons (Fsp3) is 0. The van der Waals surface area contributed by atoms with Gasteiger partial charge in [-0.25, -0.2) is 9.98 Å². The smallest absolute Gasteiger partial charge is 0.283 e. The molecule has 3 aromatic rings. The minimum atomic E-state index is -0.442. The number of amides is 1. The molecule has 0 radical (unpaired) electrons. The molecule has 1 aromatic heterocycles. The number of nitrogens with one attached hydrogen (secondary N) is 1. The van der Waals surface area contributed by atoms with Gasteiger partial charge in [-0.15, -0.1) is 0 Å². The van der Waals surface area contributed by atoms with Crippen LogP contribution in [0, 0.1) is 10.1 Å². The second kappa shape index (κ2) is 9.34. The summed E-state index contributed by atoms with van der Waals surface area (Å²) in [5.74, 6) is -0.313. The molecule has 1 saturated heterocycles. The first-order valence-electron chi connectivity index (χ1n) is 8.90. The summed E-state index contributed by atoms with van der Waals surface area (Å²) in [4.78, 5) is 32.9. The van der Waals surface area contributed by atoms with Gasteiger partial charge in [0.2, 0.25) is 0 Å². The molecule has 0 bridgehead atoms. The quantitative estimate of drug-likeness (QED) is 0.293. The molecule has 0 atom stereocenters. The van der Waals surface area contributed by atoms with E-state index >= 15 is 0 Å². The molecule has 1 fully saturated rings. The number of nitro groups is 1. The Morgan fingerprint density at radius 3 is 2.68 bits per heavy atom. The number of aromatic nitrogens is 1. The van der Waals surface area contributed by atoms with Crippen molar-refractivity contribution >= 4 is 63.7 Å². The number of aliphatic imine (C=N–C) groups is 1. The fourth-order valence-corrected chi connectivity index (χ4v) is 4.47. The van der Waals surface area contributed by atoms with Gasteiger partial charge in [0, 0.05) is 17.3 Å². The Hall–Kier alpha value is -3.14. The van der Waals surface area contributed by atoms with E-state index in [1.165, 1.54) is 29.6 Å². The van der Waals surface area contributed by atoms with E-state index in [4.69, 9.17) is 11.6 Å². The normalized spacial score (nSPS) is 16.0. The maximum Gasteiger partial charge on any atom is 0.283 e. The Morgan fingerprint density at radius 2 is 1.97 bits per heavy atom. The number of amidine groups is 1. The number of thioether (sulfide) groups is 1. The lowest BCUT2D eigenvalue weighted by Gasteiger charge is -2.04. The van der Waals surface area contributed by atoms with Crippen LogP contribution in [0.4, 0.5) is 11.4 Å². The highest BCUT2D eigenvalue weighted by Gasteiger charge is 2.24. The maximum absolute atomic E-state index is 12.3. The highest BCUT2D eigenvalue weighted by atomic mass is 35.5. The molecule has 1 aliphatic rings. The number of pyridine rings is 1. The lowest BCUT2D eigenvalue weighted by Crippen LogP contribution is -2.19. The summed E-state index contributed by atoms with van der Waals surface area (Å²) in [6.07, 6.45) is 3.23. The Balaban J connectivity index is 1.58. The Labute approximate surface area is 190 Å². The summed E-state index contributed by atoms with van der Waals surface area (Å²) in [5.41, 5.74) is 1.14. The summed E-state index contributed by atoms with van der Waals surface area (Å²) in [6.45, 7) is 0. The molecule has 154 valence electrons. The molecule has 0 aliphatic carbocycles. The highest BCUT2D eigenvalue weighted by molar-refractivity contribution is 8.18. The van der Waals surface area contributed by atoms with Crippen LogP contribution >= 0.6 is 35.1 Å². The van der Waals surface area contributed by atoms with Crippen LogP contribution in [0.25, 0.3) is 6.08 Å². The number of carbonyl (C=O) groups excluding carboxylic acids is 1. The standard InChI is InChI=1S/C21H13ClN4O3S2/c22-14-5-7-15(8-6-14)24-21-25-20(27)18(31-21)12-13-4-9-17(16(11-13)26(28)29)30-19-3-1-2-10-23-19/h1-12H,(H,24,25,27)/b18-12-. The van der Waals surface area contributed by atoms with Crippen molar-refractivity contribution < 1.29 is 9.72 Å². The predicted octanol–water partition coefficient (Wildman–Crippen LogP) is 5.69. The van der Waals surface area contributed by atoms with Crippen LogP contribution in [-0.4, -0.2) is 21.0 Å². The fourth-order valence-electron chi connectivity index (χ4n) is 2.64. The van der Waals surface area contributed by atoms with Crippen molar-refractivity contribution in [3.05, 3.63) is 92.5 Å². The van der Waals surface area contributed by atoms with Gasteiger partial charge in [-0.3, -0.25) is 14.9 Å². The van der Waals surface area contributed by atoms with Gasteiger partial charge in [-0.2, -0.15) is 0 Å². The van der Waals surface area contributed by atoms with Gasteiger partial charge in [0.15, 0.2) is 5.17 Å². The molecule has 1 N–H and O–H groups in total. The summed E-state index contributed by atoms with van der Waals surface area (Å²) in [7, 11) is 0. The number of benzene rings is 2. The zero-order valence-corrected chi connectivity index (χ0v) is 18.1. The van der Waals surface area contributed by atoms with Crippen LogP contribution in [0.5, 0.6) is 0 Å². The molecule has 1 aliphatic heterocycles. The van der Waals surface area contributed by atoms with Crippen LogP contribution in [0.15, 0.2) is 86.7 Å². The number of nitrogens with zero attached hydrogens (tertiary/aromatic N) is 3. The monoisotopic (exact) mass is 468 g/mol. The second-order valence-electron chi connectivity index (χ2n) is 6.21. The molecule has 2 aromatic carbocycles. The van der Waals surface area contributed by atoms with Crippen LogP contribution in [0.1, 0.15) is 5.56 Å². The average Bonchev–Trinajstić information content (AvgIpc) is 3.10. The van der Waals surface area contributed by atoms with Gasteiger partial charge in [0.1, 0.15) is 5.03 Å². The van der Waals surface area contributed by atoms with Gasteiger partial charge in [-0.1, -0.05) is 35.5 Å². The first kappa shape index (κ1) is 21.1. The van der Waals surface area contributed by atoms with Crippen molar-refractivity contribution in [3.63, 3.8) is 0 Å². The molecule has 10 heteroatoms. The van der Waals surface area contributed by atoms with E-state index in [-0.39, 0.29) is 11.6 Å². The molecule has 31 heavy (non-hydrogen) atoms. The molecule has 7 nitrogen and oxygen atoms in total. The number of carbonyl (C=O) groups is 1. The summed E-state index contributed by atoms with van der Waals surface area (Å²) in [6, 6.07) is 17.1. The molecule has 0 spiro atoms. The molecule has 0 saturated carbocycles. The number of halogens is 1. The van der Waals surface area contributed by atoms with E-state index in [0.717, 1.165) is 0 Å². The third kappa shape index (κ3) is 5.32. The van der Waals surface area contributed by atoms with Crippen molar-refractivity contribution in [1.82, 2.24) is 10.3 Å². The van der Waals surface area contributed by atoms with E-state index < -0.39 is 4.92 Å². The first-order valence-corrected chi connectivity index (χ1v) is 10.9. The lowest BCUT2D eigenvalue weighted by molar-refractivity contribution is -0.387. The molecule has 0 unspecified atom stereocenters. The predicted molar refractivity (Wildman–Crippen MR) is 124 cm³/mol. The number of hydrogen-bond donors (Lipinski definition) is 1. The van der Waals surface area contributed by atoms with Crippen molar-refractivity contribution in [2.75, 3.05) is 0 Å². The third-order valence-electron chi connectivity index (χ3n) is 4.04. The van der Waals surface area contributed by atoms with Crippen LogP contribution in [0.2, 0.25) is 5.02 Å². The molecule has 1 amide bonds. The Bertz CT molecular complexity index is 1220.